The van der Waals surface area contributed by atoms with Crippen molar-refractivity contribution in [2.24, 2.45) is 5.73 Å². The summed E-state index contributed by atoms with van der Waals surface area (Å²) in [6.07, 6.45) is 3.68. The van der Waals surface area contributed by atoms with E-state index in [-0.39, 0.29) is 6.04 Å². The first-order valence-corrected chi connectivity index (χ1v) is 5.65. The maximum atomic E-state index is 6.02. The minimum Gasteiger partial charge on any atom is -0.323 e. The van der Waals surface area contributed by atoms with Gasteiger partial charge in [-0.25, -0.2) is 0 Å². The summed E-state index contributed by atoms with van der Waals surface area (Å²) in [5.74, 6) is 2.09. The van der Waals surface area contributed by atoms with E-state index in [2.05, 4.69) is 18.8 Å². The van der Waals surface area contributed by atoms with Crippen molar-refractivity contribution in [1.29, 1.82) is 0 Å². The van der Waals surface area contributed by atoms with Gasteiger partial charge in [-0.15, -0.1) is 0 Å². The van der Waals surface area contributed by atoms with Crippen LogP contribution in [-0.2, 0) is 0 Å². The van der Waals surface area contributed by atoms with Gasteiger partial charge in [0.25, 0.3) is 0 Å². The molecule has 3 heteroatoms. The minimum atomic E-state index is 0.124. The van der Waals surface area contributed by atoms with Gasteiger partial charge in [0, 0.05) is 24.2 Å². The topological polar surface area (TPSA) is 38.9 Å². The number of nitrogens with two attached hydrogens (primary N) is 1. The first-order chi connectivity index (χ1) is 6.25. The van der Waals surface area contributed by atoms with Crippen LogP contribution in [0, 0.1) is 6.92 Å². The molecule has 72 valence electrons. The summed E-state index contributed by atoms with van der Waals surface area (Å²) in [5, 5.41) is 0. The maximum Gasteiger partial charge on any atom is 0.0404 e. The van der Waals surface area contributed by atoms with Crippen LogP contribution < -0.4 is 5.73 Å². The van der Waals surface area contributed by atoms with Gasteiger partial charge in [-0.1, -0.05) is 6.92 Å². The molecule has 1 rings (SSSR count). The highest BCUT2D eigenvalue weighted by molar-refractivity contribution is 7.99. The molecule has 0 bridgehead atoms. The molecule has 0 aliphatic rings. The Morgan fingerprint density at radius 2 is 2.38 bits per heavy atom. The molecule has 0 radical (unpaired) electrons. The molecule has 0 aliphatic carbocycles. The van der Waals surface area contributed by atoms with E-state index in [4.69, 9.17) is 5.73 Å². The quantitative estimate of drug-likeness (QED) is 0.802. The fraction of sp³-hybridized carbons (Fsp3) is 0.500. The third kappa shape index (κ3) is 3.01. The number of hydrogen-bond acceptors (Lipinski definition) is 3. The SMILES string of the molecule is CCSCC(N)c1cnccc1C. The van der Waals surface area contributed by atoms with Gasteiger partial charge in [0.2, 0.25) is 0 Å². The van der Waals surface area contributed by atoms with Crippen LogP contribution in [0.2, 0.25) is 0 Å². The molecule has 2 nitrogen and oxygen atoms in total. The van der Waals surface area contributed by atoms with Gasteiger partial charge in [0.15, 0.2) is 0 Å². The highest BCUT2D eigenvalue weighted by atomic mass is 32.2. The second kappa shape index (κ2) is 5.25. The van der Waals surface area contributed by atoms with Crippen molar-refractivity contribution in [3.63, 3.8) is 0 Å². The van der Waals surface area contributed by atoms with Gasteiger partial charge in [0.1, 0.15) is 0 Å². The largest absolute Gasteiger partial charge is 0.323 e. The molecular formula is C10H16N2S. The molecule has 0 saturated carbocycles. The molecule has 1 aromatic heterocycles. The van der Waals surface area contributed by atoms with Crippen LogP contribution in [0.5, 0.6) is 0 Å². The van der Waals surface area contributed by atoms with Crippen LogP contribution in [-0.4, -0.2) is 16.5 Å². The molecule has 0 aromatic carbocycles. The highest BCUT2D eigenvalue weighted by Gasteiger charge is 2.07. The lowest BCUT2D eigenvalue weighted by molar-refractivity contribution is 0.815. The first kappa shape index (κ1) is 10.5. The molecule has 1 heterocycles. The fourth-order valence-electron chi connectivity index (χ4n) is 1.20. The summed E-state index contributed by atoms with van der Waals surface area (Å²) in [4.78, 5) is 4.09. The molecular weight excluding hydrogens is 180 g/mol. The minimum absolute atomic E-state index is 0.124. The predicted molar refractivity (Wildman–Crippen MR) is 58.9 cm³/mol. The lowest BCUT2D eigenvalue weighted by atomic mass is 10.1. The molecule has 0 saturated heterocycles. The first-order valence-electron chi connectivity index (χ1n) is 4.49. The summed E-state index contributed by atoms with van der Waals surface area (Å²) in [5.41, 5.74) is 8.43. The third-order valence-corrected chi connectivity index (χ3v) is 2.98. The smallest absolute Gasteiger partial charge is 0.0404 e. The van der Waals surface area contributed by atoms with E-state index in [1.54, 1.807) is 6.20 Å². The number of pyridine rings is 1. The third-order valence-electron chi connectivity index (χ3n) is 1.98. The average molecular weight is 196 g/mol. The van der Waals surface area contributed by atoms with Gasteiger partial charge >= 0.3 is 0 Å². The summed E-state index contributed by atoms with van der Waals surface area (Å²) in [6, 6.07) is 2.13. The Kier molecular flexibility index (Phi) is 4.25. The van der Waals surface area contributed by atoms with Gasteiger partial charge < -0.3 is 5.73 Å². The standard InChI is InChI=1S/C10H16N2S/c1-3-13-7-10(11)9-6-12-5-4-8(9)2/h4-6,10H,3,7,11H2,1-2H3. The lowest BCUT2D eigenvalue weighted by Crippen LogP contribution is -2.14. The zero-order valence-electron chi connectivity index (χ0n) is 8.16. The number of nitrogens with zero attached hydrogens (tertiary/aromatic N) is 1. The Hall–Kier alpha value is -0.540. The number of rotatable bonds is 4. The molecule has 1 unspecified atom stereocenters. The normalized spacial score (nSPS) is 12.8. The second-order valence-corrected chi connectivity index (χ2v) is 4.32. The Balaban J connectivity index is 2.65. The number of hydrogen-bond donors (Lipinski definition) is 1. The number of thioether (sulfide) groups is 1. The van der Waals surface area contributed by atoms with Gasteiger partial charge in [-0.05, 0) is 29.9 Å². The summed E-state index contributed by atoms with van der Waals surface area (Å²) < 4.78 is 0. The van der Waals surface area contributed by atoms with Crippen molar-refractivity contribution in [2.75, 3.05) is 11.5 Å². The van der Waals surface area contributed by atoms with Crippen molar-refractivity contribution < 1.29 is 0 Å². The molecule has 1 aromatic rings. The zero-order valence-corrected chi connectivity index (χ0v) is 8.97. The monoisotopic (exact) mass is 196 g/mol. The second-order valence-electron chi connectivity index (χ2n) is 3.00. The highest BCUT2D eigenvalue weighted by Crippen LogP contribution is 2.17. The van der Waals surface area contributed by atoms with Gasteiger partial charge in [-0.2, -0.15) is 11.8 Å². The lowest BCUT2D eigenvalue weighted by Gasteiger charge is -2.12. The van der Waals surface area contributed by atoms with Crippen molar-refractivity contribution in [3.05, 3.63) is 29.6 Å². The summed E-state index contributed by atoms with van der Waals surface area (Å²) in [7, 11) is 0. The van der Waals surface area contributed by atoms with Crippen LogP contribution in [0.25, 0.3) is 0 Å². The number of aromatic nitrogens is 1. The summed E-state index contributed by atoms with van der Waals surface area (Å²) in [6.45, 7) is 4.22. The van der Waals surface area contributed by atoms with Crippen LogP contribution in [0.15, 0.2) is 18.5 Å². The van der Waals surface area contributed by atoms with E-state index in [1.165, 1.54) is 11.1 Å². The van der Waals surface area contributed by atoms with Crippen molar-refractivity contribution >= 4 is 11.8 Å². The van der Waals surface area contributed by atoms with Crippen LogP contribution in [0.1, 0.15) is 24.1 Å². The molecule has 0 aliphatic heterocycles. The van der Waals surface area contributed by atoms with E-state index < -0.39 is 0 Å². The van der Waals surface area contributed by atoms with E-state index in [9.17, 15) is 0 Å². The van der Waals surface area contributed by atoms with E-state index >= 15 is 0 Å². The molecule has 13 heavy (non-hydrogen) atoms. The Labute approximate surface area is 83.9 Å². The van der Waals surface area contributed by atoms with Crippen LogP contribution in [0.3, 0.4) is 0 Å². The van der Waals surface area contributed by atoms with Crippen molar-refractivity contribution in [1.82, 2.24) is 4.98 Å². The predicted octanol–water partition coefficient (Wildman–Crippen LogP) is 2.14. The number of aryl methyl sites for hydroxylation is 1. The maximum absolute atomic E-state index is 6.02. The summed E-state index contributed by atoms with van der Waals surface area (Å²) >= 11 is 1.87. The van der Waals surface area contributed by atoms with E-state index in [0.717, 1.165) is 11.5 Å². The Morgan fingerprint density at radius 1 is 1.62 bits per heavy atom. The fourth-order valence-corrected chi connectivity index (χ4v) is 1.87. The Morgan fingerprint density at radius 3 is 3.00 bits per heavy atom. The van der Waals surface area contributed by atoms with Gasteiger partial charge in [-0.3, -0.25) is 4.98 Å². The zero-order chi connectivity index (χ0) is 9.68. The average Bonchev–Trinajstić information content (AvgIpc) is 2.15. The van der Waals surface area contributed by atoms with Crippen LogP contribution >= 0.6 is 11.8 Å². The van der Waals surface area contributed by atoms with E-state index in [1.807, 2.05) is 24.0 Å². The molecule has 2 N–H and O–H groups in total. The molecule has 1 atom stereocenters. The van der Waals surface area contributed by atoms with E-state index in [0.29, 0.717) is 0 Å². The molecule has 0 fully saturated rings. The van der Waals surface area contributed by atoms with Crippen molar-refractivity contribution in [3.8, 4) is 0 Å². The van der Waals surface area contributed by atoms with Crippen LogP contribution in [0.4, 0.5) is 0 Å². The van der Waals surface area contributed by atoms with Gasteiger partial charge in [0.05, 0.1) is 0 Å². The molecule has 0 spiro atoms. The molecule has 0 amide bonds. The van der Waals surface area contributed by atoms with Crippen molar-refractivity contribution in [2.45, 2.75) is 19.9 Å². The Bertz CT molecular complexity index is 263.